The van der Waals surface area contributed by atoms with Gasteiger partial charge in [-0.2, -0.15) is 25.8 Å². The molecule has 0 aliphatic rings. The summed E-state index contributed by atoms with van der Waals surface area (Å²) < 4.78 is 40.0. The molecule has 0 aliphatic heterocycles. The predicted molar refractivity (Wildman–Crippen MR) is 151 cm³/mol. The third-order valence-corrected chi connectivity index (χ3v) is 5.50. The number of unbranched alkanes of at least 4 members (excludes halogenated alkanes) is 2. The first-order valence-electron chi connectivity index (χ1n) is 12.8. The largest absolute Gasteiger partial charge is 0.418 e. The zero-order valence-corrected chi connectivity index (χ0v) is 24.2. The van der Waals surface area contributed by atoms with Crippen LogP contribution in [0.3, 0.4) is 0 Å². The van der Waals surface area contributed by atoms with E-state index >= 15 is 0 Å². The molecule has 0 saturated heterocycles. The molecule has 0 aliphatic carbocycles. The van der Waals surface area contributed by atoms with Crippen molar-refractivity contribution in [3.8, 4) is 0 Å². The smallest absolute Gasteiger partial charge is 0.347 e. The molecule has 9 nitrogen and oxygen atoms in total. The average Bonchev–Trinajstić information content (AvgIpc) is 2.90. The van der Waals surface area contributed by atoms with Crippen molar-refractivity contribution in [3.05, 3.63) is 41.5 Å². The maximum absolute atomic E-state index is 13.3. The molecular formula is C27H39F3N4O5S. The molecule has 1 aromatic carbocycles. The van der Waals surface area contributed by atoms with Gasteiger partial charge in [0, 0.05) is 31.8 Å². The zero-order valence-electron chi connectivity index (χ0n) is 23.3. The summed E-state index contributed by atoms with van der Waals surface area (Å²) in [7, 11) is 1.60. The number of carbonyl (C=O) groups excluding carboxylic acids is 5. The van der Waals surface area contributed by atoms with Crippen LogP contribution in [-0.2, 0) is 35.9 Å². The zero-order chi connectivity index (χ0) is 30.7. The summed E-state index contributed by atoms with van der Waals surface area (Å²) >= 11 is 3.96. The first-order chi connectivity index (χ1) is 18.8. The van der Waals surface area contributed by atoms with Crippen LogP contribution in [0.15, 0.2) is 30.4 Å². The molecule has 1 aromatic rings. The number of halogens is 3. The van der Waals surface area contributed by atoms with Gasteiger partial charge in [0.2, 0.25) is 23.6 Å². The Morgan fingerprint density at radius 1 is 1.07 bits per heavy atom. The molecule has 0 aromatic heterocycles. The Labute approximate surface area is 238 Å². The molecule has 0 bridgehead atoms. The number of rotatable bonds is 14. The fourth-order valence-corrected chi connectivity index (χ4v) is 3.27. The van der Waals surface area contributed by atoms with Crippen molar-refractivity contribution in [2.45, 2.75) is 70.8 Å². The van der Waals surface area contributed by atoms with E-state index in [-0.39, 0.29) is 24.0 Å². The van der Waals surface area contributed by atoms with Crippen LogP contribution in [0.1, 0.15) is 64.0 Å². The van der Waals surface area contributed by atoms with E-state index in [1.54, 1.807) is 7.05 Å². The number of amides is 4. The fraction of sp³-hybridized carbons (Fsp3) is 0.519. The molecule has 1 rings (SSSR count). The number of alkyl halides is 3. The highest BCUT2D eigenvalue weighted by molar-refractivity contribution is 7.79. The van der Waals surface area contributed by atoms with Gasteiger partial charge in [-0.3, -0.25) is 24.0 Å². The van der Waals surface area contributed by atoms with Crippen molar-refractivity contribution in [1.29, 1.82) is 0 Å². The summed E-state index contributed by atoms with van der Waals surface area (Å²) in [5.74, 6) is -2.12. The van der Waals surface area contributed by atoms with Crippen molar-refractivity contribution in [2.75, 3.05) is 25.5 Å². The molecule has 1 unspecified atom stereocenters. The lowest BCUT2D eigenvalue weighted by molar-refractivity contribution is -0.137. The number of likely N-dealkylation sites (N-methyl/N-ethyl adjacent to an activating group) is 1. The third-order valence-electron chi connectivity index (χ3n) is 5.14. The van der Waals surface area contributed by atoms with E-state index in [0.29, 0.717) is 37.7 Å². The minimum absolute atomic E-state index is 0.0923. The minimum atomic E-state index is -4.69. The lowest BCUT2D eigenvalue weighted by atomic mass is 10.1. The molecule has 0 spiro atoms. The predicted octanol–water partition coefficient (Wildman–Crippen LogP) is 3.88. The van der Waals surface area contributed by atoms with Gasteiger partial charge in [-0.25, -0.2) is 0 Å². The van der Waals surface area contributed by atoms with E-state index in [2.05, 4.69) is 42.4 Å². The Balaban J connectivity index is 0.00000483. The highest BCUT2D eigenvalue weighted by Gasteiger charge is 2.34. The Hall–Kier alpha value is -3.35. The Kier molecular flexibility index (Phi) is 18.0. The number of benzene rings is 1. The molecule has 13 heteroatoms. The topological polar surface area (TPSA) is 125 Å². The number of hydrogen-bond acceptors (Lipinski definition) is 6. The SMILES string of the molecule is CC(NC(=O)CNC(=O)CCCCCN(C)C(=O)/C=C\C=O)C(=O)Nc1ccc(CS)cc1C(F)(F)F.CCC. The van der Waals surface area contributed by atoms with Gasteiger partial charge in [0.05, 0.1) is 17.8 Å². The maximum Gasteiger partial charge on any atom is 0.418 e. The second-order valence-corrected chi connectivity index (χ2v) is 9.18. The van der Waals surface area contributed by atoms with Crippen LogP contribution in [0.2, 0.25) is 0 Å². The van der Waals surface area contributed by atoms with E-state index in [4.69, 9.17) is 0 Å². The second kappa shape index (κ2) is 19.7. The summed E-state index contributed by atoms with van der Waals surface area (Å²) in [5, 5.41) is 6.91. The Morgan fingerprint density at radius 3 is 2.30 bits per heavy atom. The molecule has 3 N–H and O–H groups in total. The molecular weight excluding hydrogens is 549 g/mol. The lowest BCUT2D eigenvalue weighted by Gasteiger charge is -2.18. The van der Waals surface area contributed by atoms with E-state index in [1.165, 1.54) is 24.3 Å². The molecule has 4 amide bonds. The van der Waals surface area contributed by atoms with Crippen LogP contribution in [0.4, 0.5) is 18.9 Å². The van der Waals surface area contributed by atoms with Gasteiger partial charge in [-0.1, -0.05) is 32.8 Å². The molecule has 0 heterocycles. The standard InChI is InChI=1S/C24H31F3N4O5S.C3H8/c1-16(23(36)30-19-10-9-17(15-37)13-18(19)24(25,26)27)29-21(34)14-28-20(33)7-4-3-5-11-31(2)22(35)8-6-12-32;1-3-2/h6,8-10,12-13,16,37H,3-5,7,11,14-15H2,1-2H3,(H,28,33)(H,29,34)(H,30,36);3H2,1-2H3/b8-6-;. The number of allylic oxidation sites excluding steroid dienone is 1. The second-order valence-electron chi connectivity index (χ2n) is 8.86. The highest BCUT2D eigenvalue weighted by atomic mass is 32.1. The Bertz CT molecular complexity index is 1020. The monoisotopic (exact) mass is 588 g/mol. The van der Waals surface area contributed by atoms with Crippen LogP contribution in [0.5, 0.6) is 0 Å². The summed E-state index contributed by atoms with van der Waals surface area (Å²) in [4.78, 5) is 59.6. The molecule has 0 fully saturated rings. The van der Waals surface area contributed by atoms with Crippen molar-refractivity contribution in [3.63, 3.8) is 0 Å². The van der Waals surface area contributed by atoms with Crippen LogP contribution in [-0.4, -0.2) is 61.0 Å². The molecule has 0 saturated carbocycles. The molecule has 0 radical (unpaired) electrons. The number of thiol groups is 1. The first kappa shape index (κ1) is 36.6. The van der Waals surface area contributed by atoms with Crippen LogP contribution >= 0.6 is 12.6 Å². The number of hydrogen-bond donors (Lipinski definition) is 4. The highest BCUT2D eigenvalue weighted by Crippen LogP contribution is 2.35. The summed E-state index contributed by atoms with van der Waals surface area (Å²) in [6, 6.07) is 2.27. The van der Waals surface area contributed by atoms with E-state index in [1.807, 2.05) is 0 Å². The maximum atomic E-state index is 13.3. The fourth-order valence-electron chi connectivity index (χ4n) is 3.07. The van der Waals surface area contributed by atoms with Gasteiger partial charge in [0.1, 0.15) is 12.3 Å². The van der Waals surface area contributed by atoms with Crippen molar-refractivity contribution < 1.29 is 37.1 Å². The summed E-state index contributed by atoms with van der Waals surface area (Å²) in [5.41, 5.74) is -1.13. The quantitative estimate of drug-likeness (QED) is 0.114. The number of anilines is 1. The summed E-state index contributed by atoms with van der Waals surface area (Å²) in [6.45, 7) is 5.61. The van der Waals surface area contributed by atoms with E-state index in [9.17, 15) is 37.1 Å². The van der Waals surface area contributed by atoms with Gasteiger partial charge in [0.15, 0.2) is 0 Å². The van der Waals surface area contributed by atoms with Crippen molar-refractivity contribution >= 4 is 48.2 Å². The molecule has 40 heavy (non-hydrogen) atoms. The number of aldehydes is 1. The molecule has 224 valence electrons. The van der Waals surface area contributed by atoms with Crippen molar-refractivity contribution in [1.82, 2.24) is 15.5 Å². The number of carbonyl (C=O) groups is 5. The minimum Gasteiger partial charge on any atom is -0.347 e. The van der Waals surface area contributed by atoms with Gasteiger partial charge in [-0.05, 0) is 43.5 Å². The van der Waals surface area contributed by atoms with Crippen molar-refractivity contribution in [2.24, 2.45) is 0 Å². The van der Waals surface area contributed by atoms with Gasteiger partial charge in [-0.15, -0.1) is 0 Å². The van der Waals surface area contributed by atoms with Crippen LogP contribution < -0.4 is 16.0 Å². The Morgan fingerprint density at radius 2 is 1.73 bits per heavy atom. The number of nitrogens with zero attached hydrogens (tertiary/aromatic N) is 1. The first-order valence-corrected chi connectivity index (χ1v) is 13.5. The van der Waals surface area contributed by atoms with E-state index < -0.39 is 41.8 Å². The van der Waals surface area contributed by atoms with Crippen LogP contribution in [0.25, 0.3) is 0 Å². The average molecular weight is 589 g/mol. The lowest BCUT2D eigenvalue weighted by Crippen LogP contribution is -2.46. The van der Waals surface area contributed by atoms with Gasteiger partial charge >= 0.3 is 6.18 Å². The van der Waals surface area contributed by atoms with Crippen LogP contribution in [0, 0.1) is 0 Å². The normalized spacial score (nSPS) is 11.6. The van der Waals surface area contributed by atoms with Gasteiger partial charge < -0.3 is 20.9 Å². The number of nitrogens with one attached hydrogen (secondary N) is 3. The summed E-state index contributed by atoms with van der Waals surface area (Å²) in [6.07, 6.45) is 1.31. The third kappa shape index (κ3) is 15.3. The molecule has 1 atom stereocenters. The van der Waals surface area contributed by atoms with Gasteiger partial charge in [0.25, 0.3) is 0 Å². The van der Waals surface area contributed by atoms with E-state index in [0.717, 1.165) is 24.3 Å².